The minimum absolute atomic E-state index is 0.230. The summed E-state index contributed by atoms with van der Waals surface area (Å²) >= 11 is 0. The fourth-order valence-electron chi connectivity index (χ4n) is 2.26. The Kier molecular flexibility index (Phi) is 5.31. The van der Waals surface area contributed by atoms with E-state index < -0.39 is 0 Å². The van der Waals surface area contributed by atoms with E-state index in [2.05, 4.69) is 20.6 Å². The lowest BCUT2D eigenvalue weighted by molar-refractivity contribution is 0.102. The predicted octanol–water partition coefficient (Wildman–Crippen LogP) is 3.52. The number of carbonyl (C=O) groups is 1. The molecule has 0 aliphatic heterocycles. The van der Waals surface area contributed by atoms with Crippen LogP contribution < -0.4 is 10.6 Å². The first-order valence-electron chi connectivity index (χ1n) is 7.86. The first-order valence-corrected chi connectivity index (χ1v) is 7.86. The average molecular weight is 336 g/mol. The zero-order chi connectivity index (χ0) is 17.5. The van der Waals surface area contributed by atoms with Crippen LogP contribution in [0.25, 0.3) is 0 Å². The number of hydrogen-bond acceptors (Lipinski definition) is 4. The summed E-state index contributed by atoms with van der Waals surface area (Å²) in [5, 5.41) is 5.96. The van der Waals surface area contributed by atoms with Gasteiger partial charge in [-0.25, -0.2) is 9.37 Å². The first kappa shape index (κ1) is 16.6. The summed E-state index contributed by atoms with van der Waals surface area (Å²) < 4.78 is 12.9. The number of aromatic nitrogens is 2. The summed E-state index contributed by atoms with van der Waals surface area (Å²) in [4.78, 5) is 20.2. The van der Waals surface area contributed by atoms with Crippen molar-refractivity contribution in [2.45, 2.75) is 6.42 Å². The van der Waals surface area contributed by atoms with Crippen LogP contribution in [-0.2, 0) is 6.42 Å². The molecule has 0 atom stereocenters. The molecule has 0 aliphatic carbocycles. The number of anilines is 2. The fourth-order valence-corrected chi connectivity index (χ4v) is 2.26. The number of amides is 1. The monoisotopic (exact) mass is 336 g/mol. The van der Waals surface area contributed by atoms with Crippen molar-refractivity contribution in [1.82, 2.24) is 9.97 Å². The van der Waals surface area contributed by atoms with Gasteiger partial charge in [-0.15, -0.1) is 0 Å². The third-order valence-corrected chi connectivity index (χ3v) is 3.58. The van der Waals surface area contributed by atoms with E-state index in [1.54, 1.807) is 48.8 Å². The predicted molar refractivity (Wildman–Crippen MR) is 95.0 cm³/mol. The number of nitrogens with zero attached hydrogens (tertiary/aromatic N) is 2. The zero-order valence-corrected chi connectivity index (χ0v) is 13.4. The van der Waals surface area contributed by atoms with Gasteiger partial charge in [-0.1, -0.05) is 12.1 Å². The van der Waals surface area contributed by atoms with Gasteiger partial charge in [-0.3, -0.25) is 9.78 Å². The van der Waals surface area contributed by atoms with Gasteiger partial charge in [0, 0.05) is 18.9 Å². The molecule has 126 valence electrons. The van der Waals surface area contributed by atoms with Crippen molar-refractivity contribution in [3.8, 4) is 0 Å². The highest BCUT2D eigenvalue weighted by atomic mass is 19.1. The van der Waals surface area contributed by atoms with Crippen molar-refractivity contribution in [3.05, 3.63) is 84.1 Å². The van der Waals surface area contributed by atoms with E-state index >= 15 is 0 Å². The Morgan fingerprint density at radius 3 is 2.56 bits per heavy atom. The number of carbonyl (C=O) groups excluding carboxylic acids is 1. The van der Waals surface area contributed by atoms with E-state index in [-0.39, 0.29) is 11.7 Å². The quantitative estimate of drug-likeness (QED) is 0.723. The molecule has 6 heteroatoms. The number of hydrogen-bond donors (Lipinski definition) is 2. The van der Waals surface area contributed by atoms with Crippen LogP contribution in [0, 0.1) is 5.82 Å². The summed E-state index contributed by atoms with van der Waals surface area (Å²) in [5.41, 5.74) is 2.15. The average Bonchev–Trinajstić information content (AvgIpc) is 2.65. The molecule has 2 aromatic heterocycles. The Morgan fingerprint density at radius 1 is 1.04 bits per heavy atom. The summed E-state index contributed by atoms with van der Waals surface area (Å²) in [7, 11) is 0. The first-order chi connectivity index (χ1) is 12.2. The largest absolute Gasteiger partial charge is 0.370 e. The molecule has 0 spiro atoms. The molecule has 25 heavy (non-hydrogen) atoms. The molecule has 1 aromatic carbocycles. The Balaban J connectivity index is 1.50. The van der Waals surface area contributed by atoms with Crippen LogP contribution in [-0.4, -0.2) is 22.4 Å². The second-order valence-electron chi connectivity index (χ2n) is 5.43. The molecule has 0 aliphatic rings. The maximum atomic E-state index is 12.9. The molecule has 0 fully saturated rings. The molecule has 2 heterocycles. The van der Waals surface area contributed by atoms with Gasteiger partial charge in [-0.05, 0) is 48.4 Å². The maximum absolute atomic E-state index is 12.9. The van der Waals surface area contributed by atoms with Crippen LogP contribution in [0.5, 0.6) is 0 Å². The number of pyridine rings is 2. The highest BCUT2D eigenvalue weighted by Crippen LogP contribution is 2.11. The van der Waals surface area contributed by atoms with Gasteiger partial charge < -0.3 is 10.6 Å². The van der Waals surface area contributed by atoms with Crippen molar-refractivity contribution in [2.75, 3.05) is 17.2 Å². The Labute approximate surface area is 145 Å². The minimum Gasteiger partial charge on any atom is -0.370 e. The lowest BCUT2D eigenvalue weighted by Gasteiger charge is -2.08. The van der Waals surface area contributed by atoms with Crippen LogP contribution >= 0.6 is 0 Å². The number of rotatable bonds is 6. The summed E-state index contributed by atoms with van der Waals surface area (Å²) in [5.74, 6) is 0.246. The highest BCUT2D eigenvalue weighted by Gasteiger charge is 2.06. The standard InChI is InChI=1S/C19H17FN4O/c20-16-5-3-14(4-6-16)9-11-22-18-8-7-17(13-23-18)24-19(25)15-2-1-10-21-12-15/h1-8,10,12-13H,9,11H2,(H,22,23)(H,24,25). The SMILES string of the molecule is O=C(Nc1ccc(NCCc2ccc(F)cc2)nc1)c1cccnc1. The molecule has 3 rings (SSSR count). The molecule has 0 bridgehead atoms. The third-order valence-electron chi connectivity index (χ3n) is 3.58. The topological polar surface area (TPSA) is 66.9 Å². The molecule has 2 N–H and O–H groups in total. The van der Waals surface area contributed by atoms with Gasteiger partial charge in [0.1, 0.15) is 11.6 Å². The molecule has 5 nitrogen and oxygen atoms in total. The molecular weight excluding hydrogens is 319 g/mol. The smallest absolute Gasteiger partial charge is 0.257 e. The zero-order valence-electron chi connectivity index (χ0n) is 13.4. The fraction of sp³-hybridized carbons (Fsp3) is 0.105. The van der Waals surface area contributed by atoms with Crippen molar-refractivity contribution in [3.63, 3.8) is 0 Å². The highest BCUT2D eigenvalue weighted by molar-refractivity contribution is 6.03. The minimum atomic E-state index is -0.234. The van der Waals surface area contributed by atoms with Gasteiger partial charge in [0.15, 0.2) is 0 Å². The van der Waals surface area contributed by atoms with Crippen LogP contribution in [0.2, 0.25) is 0 Å². The Hall–Kier alpha value is -3.28. The van der Waals surface area contributed by atoms with Gasteiger partial charge in [0.2, 0.25) is 0 Å². The molecule has 3 aromatic rings. The van der Waals surface area contributed by atoms with E-state index in [0.717, 1.165) is 12.0 Å². The number of nitrogens with one attached hydrogen (secondary N) is 2. The lowest BCUT2D eigenvalue weighted by atomic mass is 10.1. The lowest BCUT2D eigenvalue weighted by Crippen LogP contribution is -2.12. The molecule has 0 saturated heterocycles. The second kappa shape index (κ2) is 8.01. The van der Waals surface area contributed by atoms with Crippen molar-refractivity contribution < 1.29 is 9.18 Å². The number of benzene rings is 1. The molecular formula is C19H17FN4O. The molecule has 0 unspecified atom stereocenters. The normalized spacial score (nSPS) is 10.3. The summed E-state index contributed by atoms with van der Waals surface area (Å²) in [6, 6.07) is 13.4. The second-order valence-corrected chi connectivity index (χ2v) is 5.43. The molecule has 0 saturated carbocycles. The van der Waals surface area contributed by atoms with Crippen molar-refractivity contribution >= 4 is 17.4 Å². The van der Waals surface area contributed by atoms with E-state index in [0.29, 0.717) is 23.6 Å². The third kappa shape index (κ3) is 4.84. The summed E-state index contributed by atoms with van der Waals surface area (Å²) in [6.45, 7) is 0.681. The van der Waals surface area contributed by atoms with E-state index in [9.17, 15) is 9.18 Å². The van der Waals surface area contributed by atoms with Crippen LogP contribution in [0.3, 0.4) is 0 Å². The van der Waals surface area contributed by atoms with Gasteiger partial charge in [0.05, 0.1) is 17.4 Å². The van der Waals surface area contributed by atoms with Gasteiger partial charge in [-0.2, -0.15) is 0 Å². The van der Waals surface area contributed by atoms with Gasteiger partial charge in [0.25, 0.3) is 5.91 Å². The molecule has 0 radical (unpaired) electrons. The van der Waals surface area contributed by atoms with Crippen molar-refractivity contribution in [1.29, 1.82) is 0 Å². The van der Waals surface area contributed by atoms with Crippen molar-refractivity contribution in [2.24, 2.45) is 0 Å². The molecule has 1 amide bonds. The maximum Gasteiger partial charge on any atom is 0.257 e. The Morgan fingerprint density at radius 2 is 1.88 bits per heavy atom. The van der Waals surface area contributed by atoms with E-state index in [1.165, 1.54) is 18.3 Å². The van der Waals surface area contributed by atoms with Crippen LogP contribution in [0.15, 0.2) is 67.1 Å². The van der Waals surface area contributed by atoms with E-state index in [4.69, 9.17) is 0 Å². The summed E-state index contributed by atoms with van der Waals surface area (Å²) in [6.07, 6.45) is 5.48. The Bertz CT molecular complexity index is 820. The van der Waals surface area contributed by atoms with E-state index in [1.807, 2.05) is 0 Å². The van der Waals surface area contributed by atoms with Gasteiger partial charge >= 0.3 is 0 Å². The number of halogens is 1. The van der Waals surface area contributed by atoms with Crippen LogP contribution in [0.1, 0.15) is 15.9 Å². The van der Waals surface area contributed by atoms with Crippen LogP contribution in [0.4, 0.5) is 15.9 Å².